The number of ether oxygens (including phenoxy) is 2. The van der Waals surface area contributed by atoms with Crippen LogP contribution in [0, 0.1) is 5.92 Å². The maximum absolute atomic E-state index is 8.57. The average molecular weight is 148 g/mol. The molecule has 0 fully saturated rings. The Balaban J connectivity index is 3.53. The number of aliphatic hydroxyl groups is 1. The minimum absolute atomic E-state index is 0.185. The molecule has 62 valence electrons. The van der Waals surface area contributed by atoms with Gasteiger partial charge in [-0.15, -0.1) is 0 Å². The first-order valence-electron chi connectivity index (χ1n) is 3.42. The molecule has 0 aromatic heterocycles. The molecule has 0 bridgehead atoms. The second-order valence-electron chi connectivity index (χ2n) is 2.33. The Labute approximate surface area is 62.0 Å². The van der Waals surface area contributed by atoms with Gasteiger partial charge < -0.3 is 14.6 Å². The highest BCUT2D eigenvalue weighted by molar-refractivity contribution is 4.55. The Morgan fingerprint density at radius 2 is 1.80 bits per heavy atom. The summed E-state index contributed by atoms with van der Waals surface area (Å²) < 4.78 is 9.96. The van der Waals surface area contributed by atoms with Crippen LogP contribution in [0.4, 0.5) is 0 Å². The van der Waals surface area contributed by atoms with Gasteiger partial charge in [-0.2, -0.15) is 0 Å². The topological polar surface area (TPSA) is 38.7 Å². The molecule has 0 amide bonds. The first kappa shape index (κ1) is 9.88. The standard InChI is InChI=1S/C7H16O3/c1-6(4-5-8)7(9-2)10-3/h6-8H,4-5H2,1-3H3/t6-/m1/s1. The Bertz CT molecular complexity index is 71.3. The van der Waals surface area contributed by atoms with E-state index in [-0.39, 0.29) is 18.8 Å². The van der Waals surface area contributed by atoms with Crippen molar-refractivity contribution in [3.8, 4) is 0 Å². The third-order valence-electron chi connectivity index (χ3n) is 1.51. The molecule has 1 N–H and O–H groups in total. The number of aliphatic hydroxyl groups excluding tert-OH is 1. The highest BCUT2D eigenvalue weighted by atomic mass is 16.7. The third kappa shape index (κ3) is 3.15. The summed E-state index contributed by atoms with van der Waals surface area (Å²) in [6.07, 6.45) is 0.527. The summed E-state index contributed by atoms with van der Waals surface area (Å²) in [6.45, 7) is 2.16. The van der Waals surface area contributed by atoms with E-state index >= 15 is 0 Å². The maximum Gasteiger partial charge on any atom is 0.159 e. The molecule has 0 radical (unpaired) electrons. The molecular weight excluding hydrogens is 132 g/mol. The lowest BCUT2D eigenvalue weighted by molar-refractivity contribution is -0.136. The first-order chi connectivity index (χ1) is 4.76. The predicted molar refractivity (Wildman–Crippen MR) is 38.7 cm³/mol. The van der Waals surface area contributed by atoms with Crippen molar-refractivity contribution in [3.63, 3.8) is 0 Å². The van der Waals surface area contributed by atoms with Gasteiger partial charge in [0.15, 0.2) is 6.29 Å². The summed E-state index contributed by atoms with van der Waals surface area (Å²) in [7, 11) is 3.20. The van der Waals surface area contributed by atoms with E-state index in [1.54, 1.807) is 14.2 Å². The molecule has 0 spiro atoms. The van der Waals surface area contributed by atoms with Gasteiger partial charge in [0.05, 0.1) is 0 Å². The lowest BCUT2D eigenvalue weighted by atomic mass is 10.1. The summed E-state index contributed by atoms with van der Waals surface area (Å²) in [6, 6.07) is 0. The zero-order valence-corrected chi connectivity index (χ0v) is 6.83. The largest absolute Gasteiger partial charge is 0.396 e. The van der Waals surface area contributed by atoms with Crippen molar-refractivity contribution in [2.45, 2.75) is 19.6 Å². The number of methoxy groups -OCH3 is 2. The molecule has 3 nitrogen and oxygen atoms in total. The van der Waals surface area contributed by atoms with Crippen LogP contribution in [0.1, 0.15) is 13.3 Å². The van der Waals surface area contributed by atoms with Crippen LogP contribution in [0.25, 0.3) is 0 Å². The van der Waals surface area contributed by atoms with Gasteiger partial charge >= 0.3 is 0 Å². The summed E-state index contributed by atoms with van der Waals surface area (Å²) in [5, 5.41) is 8.57. The van der Waals surface area contributed by atoms with E-state index in [0.29, 0.717) is 6.42 Å². The molecule has 0 unspecified atom stereocenters. The van der Waals surface area contributed by atoms with E-state index in [9.17, 15) is 0 Å². The zero-order valence-electron chi connectivity index (χ0n) is 6.83. The average Bonchev–Trinajstić information content (AvgIpc) is 1.91. The van der Waals surface area contributed by atoms with Crippen LogP contribution in [0.3, 0.4) is 0 Å². The minimum Gasteiger partial charge on any atom is -0.396 e. The van der Waals surface area contributed by atoms with Gasteiger partial charge in [0.25, 0.3) is 0 Å². The molecule has 0 aliphatic rings. The molecule has 0 aromatic rings. The first-order valence-corrected chi connectivity index (χ1v) is 3.42. The molecule has 10 heavy (non-hydrogen) atoms. The molecule has 0 aliphatic carbocycles. The number of rotatable bonds is 5. The van der Waals surface area contributed by atoms with Crippen LogP contribution in [-0.2, 0) is 9.47 Å². The van der Waals surface area contributed by atoms with E-state index in [1.165, 1.54) is 0 Å². The quantitative estimate of drug-likeness (QED) is 0.581. The van der Waals surface area contributed by atoms with Gasteiger partial charge in [-0.3, -0.25) is 0 Å². The van der Waals surface area contributed by atoms with Gasteiger partial charge in [0.2, 0.25) is 0 Å². The fraction of sp³-hybridized carbons (Fsp3) is 1.00. The molecule has 0 aliphatic heterocycles. The van der Waals surface area contributed by atoms with Crippen LogP contribution in [0.2, 0.25) is 0 Å². The molecule has 0 aromatic carbocycles. The highest BCUT2D eigenvalue weighted by Gasteiger charge is 2.14. The molecule has 0 heterocycles. The Morgan fingerprint density at radius 3 is 2.10 bits per heavy atom. The van der Waals surface area contributed by atoms with Crippen molar-refractivity contribution < 1.29 is 14.6 Å². The molecule has 3 heteroatoms. The second-order valence-corrected chi connectivity index (χ2v) is 2.33. The third-order valence-corrected chi connectivity index (χ3v) is 1.51. The van der Waals surface area contributed by atoms with Crippen molar-refractivity contribution in [2.75, 3.05) is 20.8 Å². The predicted octanol–water partition coefficient (Wildman–Crippen LogP) is 0.624. The molecule has 1 atom stereocenters. The lowest BCUT2D eigenvalue weighted by Crippen LogP contribution is -2.23. The fourth-order valence-corrected chi connectivity index (χ4v) is 0.901. The normalized spacial score (nSPS) is 14.1. The monoisotopic (exact) mass is 148 g/mol. The summed E-state index contributed by atoms with van der Waals surface area (Å²) in [5.41, 5.74) is 0. The zero-order chi connectivity index (χ0) is 7.98. The van der Waals surface area contributed by atoms with E-state index in [0.717, 1.165) is 0 Å². The van der Waals surface area contributed by atoms with E-state index in [1.807, 2.05) is 6.92 Å². The molecule has 0 saturated heterocycles. The van der Waals surface area contributed by atoms with Crippen LogP contribution in [0.15, 0.2) is 0 Å². The molecular formula is C7H16O3. The molecule has 0 rings (SSSR count). The van der Waals surface area contributed by atoms with Crippen LogP contribution < -0.4 is 0 Å². The summed E-state index contributed by atoms with van der Waals surface area (Å²) >= 11 is 0. The number of hydrogen-bond acceptors (Lipinski definition) is 3. The van der Waals surface area contributed by atoms with Gasteiger partial charge in [0, 0.05) is 26.7 Å². The highest BCUT2D eigenvalue weighted by Crippen LogP contribution is 2.10. The van der Waals surface area contributed by atoms with Gasteiger partial charge in [0.1, 0.15) is 0 Å². The van der Waals surface area contributed by atoms with Gasteiger partial charge in [-0.1, -0.05) is 6.92 Å². The Morgan fingerprint density at radius 1 is 1.30 bits per heavy atom. The SMILES string of the molecule is COC(OC)[C@H](C)CCO. The summed E-state index contributed by atoms with van der Waals surface area (Å²) in [4.78, 5) is 0. The fourth-order valence-electron chi connectivity index (χ4n) is 0.901. The number of hydrogen-bond donors (Lipinski definition) is 1. The van der Waals surface area contributed by atoms with E-state index in [4.69, 9.17) is 14.6 Å². The van der Waals surface area contributed by atoms with Crippen molar-refractivity contribution in [1.29, 1.82) is 0 Å². The van der Waals surface area contributed by atoms with Crippen molar-refractivity contribution in [2.24, 2.45) is 5.92 Å². The lowest BCUT2D eigenvalue weighted by Gasteiger charge is -2.19. The van der Waals surface area contributed by atoms with Gasteiger partial charge in [-0.25, -0.2) is 0 Å². The second kappa shape index (κ2) is 5.65. The summed E-state index contributed by atoms with van der Waals surface area (Å²) in [5.74, 6) is 0.250. The van der Waals surface area contributed by atoms with Crippen LogP contribution in [0.5, 0.6) is 0 Å². The minimum atomic E-state index is -0.188. The Kier molecular flexibility index (Phi) is 5.58. The van der Waals surface area contributed by atoms with Crippen LogP contribution >= 0.6 is 0 Å². The maximum atomic E-state index is 8.57. The van der Waals surface area contributed by atoms with E-state index in [2.05, 4.69) is 0 Å². The smallest absolute Gasteiger partial charge is 0.159 e. The van der Waals surface area contributed by atoms with Crippen molar-refractivity contribution in [1.82, 2.24) is 0 Å². The van der Waals surface area contributed by atoms with Gasteiger partial charge in [-0.05, 0) is 6.42 Å². The molecule has 0 saturated carbocycles. The van der Waals surface area contributed by atoms with Crippen molar-refractivity contribution >= 4 is 0 Å². The van der Waals surface area contributed by atoms with Crippen LogP contribution in [-0.4, -0.2) is 32.2 Å². The van der Waals surface area contributed by atoms with E-state index < -0.39 is 0 Å². The van der Waals surface area contributed by atoms with Crippen molar-refractivity contribution in [3.05, 3.63) is 0 Å². The Hall–Kier alpha value is -0.120.